The highest BCUT2D eigenvalue weighted by Crippen LogP contribution is 2.17. The first-order chi connectivity index (χ1) is 6.06. The number of likely N-dealkylation sites (N-methyl/N-ethyl adjacent to an activating group) is 1. The first-order valence-electron chi connectivity index (χ1n) is 5.08. The molecule has 1 aliphatic heterocycles. The fraction of sp³-hybridized carbons (Fsp3) is 1.00. The van der Waals surface area contributed by atoms with Crippen molar-refractivity contribution in [1.82, 2.24) is 9.80 Å². The summed E-state index contributed by atoms with van der Waals surface area (Å²) in [7, 11) is 2.24. The number of rotatable bonds is 2. The van der Waals surface area contributed by atoms with Gasteiger partial charge in [0, 0.05) is 35.6 Å². The van der Waals surface area contributed by atoms with E-state index in [0.29, 0.717) is 12.1 Å². The number of alkyl halides is 1. The maximum Gasteiger partial charge on any atom is 0.0316 e. The van der Waals surface area contributed by atoms with E-state index >= 15 is 0 Å². The van der Waals surface area contributed by atoms with Gasteiger partial charge in [-0.3, -0.25) is 4.90 Å². The van der Waals surface area contributed by atoms with Crippen LogP contribution in [0.4, 0.5) is 0 Å². The third kappa shape index (κ3) is 2.80. The Bertz CT molecular complexity index is 161. The molecular formula is C10H21IN2. The summed E-state index contributed by atoms with van der Waals surface area (Å²) in [4.78, 5) is 5.11. The zero-order valence-electron chi connectivity index (χ0n) is 9.13. The summed E-state index contributed by atoms with van der Waals surface area (Å²) in [5, 5.41) is 0. The normalized spacial score (nSPS) is 32.8. The molecule has 0 saturated carbocycles. The van der Waals surface area contributed by atoms with Crippen LogP contribution >= 0.6 is 22.6 Å². The molecule has 0 unspecified atom stereocenters. The minimum absolute atomic E-state index is 0.691. The van der Waals surface area contributed by atoms with E-state index in [1.165, 1.54) is 17.5 Å². The average molecular weight is 296 g/mol. The Hall–Kier alpha value is 0.650. The van der Waals surface area contributed by atoms with Crippen molar-refractivity contribution in [3.63, 3.8) is 0 Å². The number of hydrogen-bond donors (Lipinski definition) is 0. The van der Waals surface area contributed by atoms with Crippen molar-refractivity contribution >= 4 is 22.6 Å². The van der Waals surface area contributed by atoms with Gasteiger partial charge in [-0.1, -0.05) is 22.6 Å². The molecule has 0 N–H and O–H groups in total. The number of nitrogens with zero attached hydrogens (tertiary/aromatic N) is 2. The van der Waals surface area contributed by atoms with Crippen molar-refractivity contribution in [3.8, 4) is 0 Å². The van der Waals surface area contributed by atoms with Crippen LogP contribution in [0.2, 0.25) is 0 Å². The van der Waals surface area contributed by atoms with Crippen molar-refractivity contribution in [2.75, 3.05) is 24.6 Å². The Labute approximate surface area is 95.8 Å². The molecule has 0 aromatic carbocycles. The topological polar surface area (TPSA) is 6.48 Å². The second-order valence-corrected chi connectivity index (χ2v) is 5.27. The molecule has 0 bridgehead atoms. The zero-order chi connectivity index (χ0) is 10.0. The SMILES string of the molecule is CC(C)N1C[C@H](C)N(C)C[C@H]1CI. The average Bonchev–Trinajstić information content (AvgIpc) is 2.08. The van der Waals surface area contributed by atoms with Gasteiger partial charge in [-0.2, -0.15) is 0 Å². The molecule has 78 valence electrons. The van der Waals surface area contributed by atoms with Crippen molar-refractivity contribution in [3.05, 3.63) is 0 Å². The molecule has 1 rings (SSSR count). The number of piperazine rings is 1. The van der Waals surface area contributed by atoms with Crippen LogP contribution in [0.1, 0.15) is 20.8 Å². The van der Waals surface area contributed by atoms with E-state index in [1.54, 1.807) is 0 Å². The van der Waals surface area contributed by atoms with E-state index in [1.807, 2.05) is 0 Å². The Kier molecular flexibility index (Phi) is 4.45. The summed E-state index contributed by atoms with van der Waals surface area (Å²) in [6.07, 6.45) is 0. The molecule has 0 aromatic heterocycles. The minimum atomic E-state index is 0.691. The summed E-state index contributed by atoms with van der Waals surface area (Å²) in [6, 6.07) is 2.15. The van der Waals surface area contributed by atoms with E-state index in [0.717, 1.165) is 6.04 Å². The van der Waals surface area contributed by atoms with Crippen LogP contribution in [-0.2, 0) is 0 Å². The van der Waals surface area contributed by atoms with Crippen LogP contribution in [0.15, 0.2) is 0 Å². The van der Waals surface area contributed by atoms with Gasteiger partial charge in [0.2, 0.25) is 0 Å². The standard InChI is InChI=1S/C10H21IN2/c1-8(2)13-6-9(3)12(4)7-10(13)5-11/h8-10H,5-7H2,1-4H3/t9-,10+/m0/s1. The Morgan fingerprint density at radius 1 is 1.38 bits per heavy atom. The highest BCUT2D eigenvalue weighted by molar-refractivity contribution is 14.1. The largest absolute Gasteiger partial charge is 0.301 e. The van der Waals surface area contributed by atoms with E-state index < -0.39 is 0 Å². The van der Waals surface area contributed by atoms with Gasteiger partial charge in [0.15, 0.2) is 0 Å². The molecule has 3 heteroatoms. The second-order valence-electron chi connectivity index (χ2n) is 4.39. The van der Waals surface area contributed by atoms with E-state index in [2.05, 4.69) is 60.2 Å². The van der Waals surface area contributed by atoms with Gasteiger partial charge in [-0.05, 0) is 27.8 Å². The molecule has 1 aliphatic rings. The van der Waals surface area contributed by atoms with E-state index in [4.69, 9.17) is 0 Å². The lowest BCUT2D eigenvalue weighted by atomic mass is 10.1. The predicted octanol–water partition coefficient (Wildman–Crippen LogP) is 1.83. The van der Waals surface area contributed by atoms with Gasteiger partial charge in [-0.15, -0.1) is 0 Å². The Balaban J connectivity index is 2.61. The first-order valence-corrected chi connectivity index (χ1v) is 6.60. The fourth-order valence-electron chi connectivity index (χ4n) is 1.98. The molecule has 0 radical (unpaired) electrons. The third-order valence-corrected chi connectivity index (χ3v) is 4.05. The van der Waals surface area contributed by atoms with Crippen LogP contribution in [0.3, 0.4) is 0 Å². The molecule has 2 atom stereocenters. The molecule has 1 saturated heterocycles. The third-order valence-electron chi connectivity index (χ3n) is 3.04. The molecule has 1 fully saturated rings. The lowest BCUT2D eigenvalue weighted by Crippen LogP contribution is -2.58. The van der Waals surface area contributed by atoms with Crippen LogP contribution in [0.5, 0.6) is 0 Å². The van der Waals surface area contributed by atoms with Gasteiger partial charge in [0.25, 0.3) is 0 Å². The number of hydrogen-bond acceptors (Lipinski definition) is 2. The molecule has 0 aromatic rings. The lowest BCUT2D eigenvalue weighted by molar-refractivity contribution is 0.0420. The van der Waals surface area contributed by atoms with Gasteiger partial charge in [0.1, 0.15) is 0 Å². The van der Waals surface area contributed by atoms with Crippen LogP contribution in [0, 0.1) is 0 Å². The molecule has 0 spiro atoms. The van der Waals surface area contributed by atoms with Crippen molar-refractivity contribution in [2.24, 2.45) is 0 Å². The summed E-state index contributed by atoms with van der Waals surface area (Å²) >= 11 is 2.50. The highest BCUT2D eigenvalue weighted by Gasteiger charge is 2.29. The monoisotopic (exact) mass is 296 g/mol. The van der Waals surface area contributed by atoms with Gasteiger partial charge < -0.3 is 4.90 Å². The Morgan fingerprint density at radius 3 is 2.46 bits per heavy atom. The van der Waals surface area contributed by atoms with Gasteiger partial charge in [0.05, 0.1) is 0 Å². The van der Waals surface area contributed by atoms with Gasteiger partial charge in [-0.25, -0.2) is 0 Å². The summed E-state index contributed by atoms with van der Waals surface area (Å²) in [5.41, 5.74) is 0. The number of halogens is 1. The molecule has 2 nitrogen and oxygen atoms in total. The molecule has 1 heterocycles. The maximum atomic E-state index is 2.64. The van der Waals surface area contributed by atoms with Crippen LogP contribution in [-0.4, -0.2) is 52.5 Å². The fourth-order valence-corrected chi connectivity index (χ4v) is 2.77. The van der Waals surface area contributed by atoms with Gasteiger partial charge >= 0.3 is 0 Å². The Morgan fingerprint density at radius 2 is 2.00 bits per heavy atom. The smallest absolute Gasteiger partial charge is 0.0316 e. The lowest BCUT2D eigenvalue weighted by Gasteiger charge is -2.45. The minimum Gasteiger partial charge on any atom is -0.301 e. The molecule has 0 aliphatic carbocycles. The summed E-state index contributed by atoms with van der Waals surface area (Å²) in [6.45, 7) is 9.37. The molecule has 0 amide bonds. The predicted molar refractivity (Wildman–Crippen MR) is 66.6 cm³/mol. The van der Waals surface area contributed by atoms with E-state index in [-0.39, 0.29) is 0 Å². The maximum absolute atomic E-state index is 2.64. The first kappa shape index (κ1) is 11.7. The summed E-state index contributed by atoms with van der Waals surface area (Å²) in [5.74, 6) is 0. The molecular weight excluding hydrogens is 275 g/mol. The quantitative estimate of drug-likeness (QED) is 0.567. The molecule has 13 heavy (non-hydrogen) atoms. The highest BCUT2D eigenvalue weighted by atomic mass is 127. The van der Waals surface area contributed by atoms with E-state index in [9.17, 15) is 0 Å². The second kappa shape index (κ2) is 4.94. The van der Waals surface area contributed by atoms with Crippen molar-refractivity contribution in [2.45, 2.75) is 38.9 Å². The van der Waals surface area contributed by atoms with Crippen molar-refractivity contribution < 1.29 is 0 Å². The van der Waals surface area contributed by atoms with Crippen molar-refractivity contribution in [1.29, 1.82) is 0 Å². The zero-order valence-corrected chi connectivity index (χ0v) is 11.3. The van der Waals surface area contributed by atoms with Crippen LogP contribution in [0.25, 0.3) is 0 Å². The summed E-state index contributed by atoms with van der Waals surface area (Å²) < 4.78 is 1.24. The van der Waals surface area contributed by atoms with Crippen LogP contribution < -0.4 is 0 Å².